The third kappa shape index (κ3) is 2.63. The lowest BCUT2D eigenvalue weighted by Crippen LogP contribution is -2.47. The summed E-state index contributed by atoms with van der Waals surface area (Å²) in [5.41, 5.74) is -3.47. The van der Waals surface area contributed by atoms with Crippen molar-refractivity contribution in [1.82, 2.24) is 4.90 Å². The highest BCUT2D eigenvalue weighted by molar-refractivity contribution is 6.30. The molecule has 1 atom stereocenters. The highest BCUT2D eigenvalue weighted by Crippen LogP contribution is 2.46. The Labute approximate surface area is 127 Å². The zero-order valence-electron chi connectivity index (χ0n) is 11.0. The molecule has 22 heavy (non-hydrogen) atoms. The van der Waals surface area contributed by atoms with E-state index in [-0.39, 0.29) is 5.02 Å². The van der Waals surface area contributed by atoms with Crippen molar-refractivity contribution < 1.29 is 32.3 Å². The fraction of sp³-hybridized carbons (Fsp3) is 0.385. The van der Waals surface area contributed by atoms with Gasteiger partial charge in [-0.1, -0.05) is 11.6 Å². The van der Waals surface area contributed by atoms with Crippen molar-refractivity contribution >= 4 is 23.5 Å². The molecule has 1 unspecified atom stereocenters. The monoisotopic (exact) mass is 339 g/mol. The average Bonchev–Trinajstić information content (AvgIpc) is 2.83. The van der Waals surface area contributed by atoms with Gasteiger partial charge in [0.2, 0.25) is 0 Å². The molecular formula is C13H10ClF4NO3. The number of likely N-dealkylation sites (tertiary alicyclic amines) is 1. The molecule has 9 heteroatoms. The number of alkyl halides is 3. The van der Waals surface area contributed by atoms with Crippen molar-refractivity contribution in [2.45, 2.75) is 12.6 Å². The summed E-state index contributed by atoms with van der Waals surface area (Å²) in [6.07, 6.45) is -5.78. The van der Waals surface area contributed by atoms with Crippen LogP contribution in [0.4, 0.5) is 17.6 Å². The highest BCUT2D eigenvalue weighted by Gasteiger charge is 2.64. The van der Waals surface area contributed by atoms with Gasteiger partial charge in [-0.05, 0) is 24.6 Å². The first-order valence-corrected chi connectivity index (χ1v) is 6.51. The summed E-state index contributed by atoms with van der Waals surface area (Å²) in [4.78, 5) is 23.8. The summed E-state index contributed by atoms with van der Waals surface area (Å²) in [5.74, 6) is -4.02. The lowest BCUT2D eigenvalue weighted by molar-refractivity contribution is -0.227. The first-order valence-electron chi connectivity index (χ1n) is 6.13. The number of rotatable bonds is 2. The van der Waals surface area contributed by atoms with Crippen LogP contribution in [-0.2, 0) is 4.79 Å². The Bertz CT molecular complexity index is 634. The van der Waals surface area contributed by atoms with Gasteiger partial charge in [0, 0.05) is 18.1 Å². The molecule has 1 aliphatic heterocycles. The van der Waals surface area contributed by atoms with Gasteiger partial charge in [0.15, 0.2) is 5.41 Å². The van der Waals surface area contributed by atoms with Crippen LogP contribution in [0.1, 0.15) is 16.8 Å². The summed E-state index contributed by atoms with van der Waals surface area (Å²) in [6.45, 7) is -1.47. The molecule has 0 bridgehead atoms. The maximum absolute atomic E-state index is 13.7. The van der Waals surface area contributed by atoms with Crippen molar-refractivity contribution in [2.24, 2.45) is 5.41 Å². The Morgan fingerprint density at radius 1 is 1.32 bits per heavy atom. The number of aliphatic carboxylic acids is 1. The van der Waals surface area contributed by atoms with Crippen molar-refractivity contribution in [1.29, 1.82) is 0 Å². The van der Waals surface area contributed by atoms with Crippen molar-refractivity contribution in [2.75, 3.05) is 13.1 Å². The van der Waals surface area contributed by atoms with E-state index in [0.29, 0.717) is 4.90 Å². The summed E-state index contributed by atoms with van der Waals surface area (Å²) < 4.78 is 52.8. The van der Waals surface area contributed by atoms with Crippen molar-refractivity contribution in [3.05, 3.63) is 34.6 Å². The number of halogens is 5. The summed E-state index contributed by atoms with van der Waals surface area (Å²) in [7, 11) is 0. The number of nitrogens with zero attached hydrogens (tertiary/aromatic N) is 1. The number of benzene rings is 1. The van der Waals surface area contributed by atoms with Gasteiger partial charge < -0.3 is 10.0 Å². The molecule has 1 aromatic carbocycles. The Morgan fingerprint density at radius 3 is 2.41 bits per heavy atom. The van der Waals surface area contributed by atoms with Crippen molar-refractivity contribution in [3.8, 4) is 0 Å². The number of carbonyl (C=O) groups is 2. The van der Waals surface area contributed by atoms with E-state index in [2.05, 4.69) is 0 Å². The molecule has 0 saturated carbocycles. The topological polar surface area (TPSA) is 57.6 Å². The number of amides is 1. The zero-order valence-corrected chi connectivity index (χ0v) is 11.7. The molecule has 1 fully saturated rings. The number of carbonyl (C=O) groups excluding carboxylic acids is 1. The smallest absolute Gasteiger partial charge is 0.406 e. The Hall–Kier alpha value is -1.83. The number of hydrogen-bond donors (Lipinski definition) is 1. The lowest BCUT2D eigenvalue weighted by Gasteiger charge is -2.27. The molecule has 0 radical (unpaired) electrons. The van der Waals surface area contributed by atoms with E-state index in [1.807, 2.05) is 0 Å². The minimum atomic E-state index is -5.01. The van der Waals surface area contributed by atoms with E-state index in [4.69, 9.17) is 16.7 Å². The molecule has 1 amide bonds. The van der Waals surface area contributed by atoms with Gasteiger partial charge in [0.05, 0.1) is 5.56 Å². The number of hydrogen-bond acceptors (Lipinski definition) is 2. The van der Waals surface area contributed by atoms with Gasteiger partial charge in [-0.3, -0.25) is 9.59 Å². The second-order valence-electron chi connectivity index (χ2n) is 4.99. The Balaban J connectivity index is 2.29. The highest BCUT2D eigenvalue weighted by atomic mass is 35.5. The Morgan fingerprint density at radius 2 is 1.95 bits per heavy atom. The van der Waals surface area contributed by atoms with E-state index in [0.717, 1.165) is 12.1 Å². The Kier molecular flexibility index (Phi) is 4.08. The van der Waals surface area contributed by atoms with Gasteiger partial charge >= 0.3 is 12.1 Å². The van der Waals surface area contributed by atoms with E-state index in [9.17, 15) is 27.2 Å². The number of carboxylic acids is 1. The predicted molar refractivity (Wildman–Crippen MR) is 68.1 cm³/mol. The van der Waals surface area contributed by atoms with Crippen LogP contribution in [0, 0.1) is 11.2 Å². The summed E-state index contributed by atoms with van der Waals surface area (Å²) >= 11 is 5.54. The predicted octanol–water partition coefficient (Wildman–Crippen LogP) is 2.96. The summed E-state index contributed by atoms with van der Waals surface area (Å²) in [6, 6.07) is 3.13. The quantitative estimate of drug-likeness (QED) is 0.843. The van der Waals surface area contributed by atoms with E-state index >= 15 is 0 Å². The third-order valence-electron chi connectivity index (χ3n) is 3.67. The normalized spacial score (nSPS) is 22.0. The van der Waals surface area contributed by atoms with Crippen LogP contribution < -0.4 is 0 Å². The molecule has 1 saturated heterocycles. The molecule has 1 heterocycles. The second kappa shape index (κ2) is 5.42. The van der Waals surface area contributed by atoms with Gasteiger partial charge in [-0.15, -0.1) is 0 Å². The number of carboxylic acid groups (broad SMARTS) is 1. The fourth-order valence-electron chi connectivity index (χ4n) is 2.34. The maximum atomic E-state index is 13.7. The van der Waals surface area contributed by atoms with Crippen LogP contribution >= 0.6 is 11.6 Å². The first-order chi connectivity index (χ1) is 10.1. The van der Waals surface area contributed by atoms with Crippen LogP contribution in [0.15, 0.2) is 18.2 Å². The molecule has 1 aliphatic rings. The van der Waals surface area contributed by atoms with Crippen molar-refractivity contribution in [3.63, 3.8) is 0 Å². The van der Waals surface area contributed by atoms with Crippen LogP contribution in [0.2, 0.25) is 5.02 Å². The minimum absolute atomic E-state index is 0.0330. The standard InChI is InChI=1S/C13H10ClF4NO3/c14-7-1-2-8(9(15)5-7)10(20)19-4-3-12(6-19,11(21)22)13(16,17)18/h1-2,5H,3-4,6H2,(H,21,22). The molecule has 2 rings (SSSR count). The molecule has 0 aromatic heterocycles. The molecule has 0 aliphatic carbocycles. The fourth-order valence-corrected chi connectivity index (χ4v) is 2.50. The van der Waals surface area contributed by atoms with Crippen LogP contribution in [0.3, 0.4) is 0 Å². The molecule has 0 spiro atoms. The van der Waals surface area contributed by atoms with E-state index in [1.165, 1.54) is 6.07 Å². The van der Waals surface area contributed by atoms with Crippen LogP contribution in [-0.4, -0.2) is 41.1 Å². The molecular weight excluding hydrogens is 330 g/mol. The van der Waals surface area contributed by atoms with E-state index in [1.54, 1.807) is 0 Å². The van der Waals surface area contributed by atoms with Crippen LogP contribution in [0.25, 0.3) is 0 Å². The van der Waals surface area contributed by atoms with Gasteiger partial charge in [-0.25, -0.2) is 4.39 Å². The molecule has 120 valence electrons. The minimum Gasteiger partial charge on any atom is -0.481 e. The average molecular weight is 340 g/mol. The van der Waals surface area contributed by atoms with Gasteiger partial charge in [-0.2, -0.15) is 13.2 Å². The van der Waals surface area contributed by atoms with E-state index < -0.39 is 54.4 Å². The second-order valence-corrected chi connectivity index (χ2v) is 5.42. The molecule has 4 nitrogen and oxygen atoms in total. The first kappa shape index (κ1) is 16.5. The third-order valence-corrected chi connectivity index (χ3v) is 3.91. The summed E-state index contributed by atoms with van der Waals surface area (Å²) in [5, 5.41) is 8.94. The largest absolute Gasteiger partial charge is 0.481 e. The van der Waals surface area contributed by atoms with Gasteiger partial charge in [0.1, 0.15) is 5.82 Å². The van der Waals surface area contributed by atoms with Gasteiger partial charge in [0.25, 0.3) is 5.91 Å². The molecule has 1 N–H and O–H groups in total. The maximum Gasteiger partial charge on any atom is 0.406 e. The lowest BCUT2D eigenvalue weighted by atomic mass is 9.86. The van der Waals surface area contributed by atoms with Crippen LogP contribution in [0.5, 0.6) is 0 Å². The molecule has 1 aromatic rings. The zero-order chi connectivity index (χ0) is 16.7. The SMILES string of the molecule is O=C(c1ccc(Cl)cc1F)N1CCC(C(=O)O)(C(F)(F)F)C1.